The first-order valence-corrected chi connectivity index (χ1v) is 16.1. The molecule has 5 rings (SSSR count). The summed E-state index contributed by atoms with van der Waals surface area (Å²) >= 11 is 0. The standard InChI is InChI=1S/C29H42N6O3S/c1-20(23-8-6-5-7-9-23)10-13-33-16-24-18-35(19-25(24)17-33)28(36)27-21(2)30-29(31-22(27)3)34-14-11-26(12-15-34)32-39(4,37)38/h5-9,20,24-26,32H,10-19H2,1-4H3/t20-,24?,25?/m0/s1. The van der Waals surface area contributed by atoms with E-state index in [9.17, 15) is 13.2 Å². The number of benzene rings is 1. The first-order chi connectivity index (χ1) is 18.6. The zero-order valence-corrected chi connectivity index (χ0v) is 24.5. The molecule has 0 radical (unpaired) electrons. The Balaban J connectivity index is 1.14. The summed E-state index contributed by atoms with van der Waals surface area (Å²) in [6, 6.07) is 10.7. The molecule has 0 spiro atoms. The Morgan fingerprint density at radius 3 is 2.15 bits per heavy atom. The Labute approximate surface area is 233 Å². The van der Waals surface area contributed by atoms with Gasteiger partial charge in [-0.25, -0.2) is 23.1 Å². The molecule has 212 valence electrons. The second-order valence-corrected chi connectivity index (χ2v) is 13.6. The number of sulfonamides is 1. The van der Waals surface area contributed by atoms with E-state index in [1.165, 1.54) is 11.8 Å². The number of amides is 1. The molecule has 2 aromatic rings. The lowest BCUT2D eigenvalue weighted by Gasteiger charge is -2.32. The van der Waals surface area contributed by atoms with Crippen LogP contribution in [0.1, 0.15) is 59.4 Å². The van der Waals surface area contributed by atoms with Gasteiger partial charge in [-0.15, -0.1) is 0 Å². The molecule has 1 amide bonds. The molecule has 1 aromatic heterocycles. The summed E-state index contributed by atoms with van der Waals surface area (Å²) in [6.07, 6.45) is 3.75. The van der Waals surface area contributed by atoms with Crippen molar-refractivity contribution in [2.24, 2.45) is 11.8 Å². The number of fused-ring (bicyclic) bond motifs is 1. The normalized spacial score (nSPS) is 23.3. The second kappa shape index (κ2) is 11.5. The summed E-state index contributed by atoms with van der Waals surface area (Å²) in [6.45, 7) is 12.3. The highest BCUT2D eigenvalue weighted by atomic mass is 32.2. The van der Waals surface area contributed by atoms with E-state index >= 15 is 0 Å². The molecule has 1 N–H and O–H groups in total. The van der Waals surface area contributed by atoms with Crippen molar-refractivity contribution >= 4 is 21.9 Å². The third-order valence-corrected chi connectivity index (χ3v) is 9.49. The lowest BCUT2D eigenvalue weighted by Crippen LogP contribution is -2.45. The Bertz CT molecular complexity index is 1240. The third kappa shape index (κ3) is 6.61. The molecule has 2 unspecified atom stereocenters. The molecule has 3 aliphatic rings. The van der Waals surface area contributed by atoms with E-state index < -0.39 is 10.0 Å². The first-order valence-electron chi connectivity index (χ1n) is 14.2. The number of likely N-dealkylation sites (tertiary alicyclic amines) is 2. The maximum Gasteiger partial charge on any atom is 0.257 e. The topological polar surface area (TPSA) is 98.7 Å². The van der Waals surface area contributed by atoms with Crippen LogP contribution in [0.5, 0.6) is 0 Å². The van der Waals surface area contributed by atoms with Crippen LogP contribution >= 0.6 is 0 Å². The van der Waals surface area contributed by atoms with Crippen LogP contribution in [0.15, 0.2) is 30.3 Å². The lowest BCUT2D eigenvalue weighted by atomic mass is 9.98. The number of piperidine rings is 1. The van der Waals surface area contributed by atoms with Gasteiger partial charge in [0.2, 0.25) is 16.0 Å². The quantitative estimate of drug-likeness (QED) is 0.536. The van der Waals surface area contributed by atoms with Gasteiger partial charge in [0.1, 0.15) is 0 Å². The number of nitrogens with zero attached hydrogens (tertiary/aromatic N) is 5. The van der Waals surface area contributed by atoms with Crippen molar-refractivity contribution in [2.75, 3.05) is 57.0 Å². The molecule has 4 heterocycles. The minimum Gasteiger partial charge on any atom is -0.341 e. The van der Waals surface area contributed by atoms with Crippen LogP contribution in [-0.2, 0) is 10.0 Å². The lowest BCUT2D eigenvalue weighted by molar-refractivity contribution is 0.0771. The Kier molecular flexibility index (Phi) is 8.26. The summed E-state index contributed by atoms with van der Waals surface area (Å²) in [4.78, 5) is 29.7. The van der Waals surface area contributed by atoms with Gasteiger partial charge in [0, 0.05) is 45.3 Å². The SMILES string of the molecule is Cc1nc(N2CCC(NS(C)(=O)=O)CC2)nc(C)c1C(=O)N1CC2CN(CC[C@H](C)c3ccccc3)CC2C1. The maximum atomic E-state index is 13.6. The predicted molar refractivity (Wildman–Crippen MR) is 154 cm³/mol. The van der Waals surface area contributed by atoms with Crippen LogP contribution in [0.3, 0.4) is 0 Å². The van der Waals surface area contributed by atoms with E-state index in [2.05, 4.69) is 51.8 Å². The molecule has 10 heteroatoms. The molecule has 0 aliphatic carbocycles. The minimum absolute atomic E-state index is 0.0475. The summed E-state index contributed by atoms with van der Waals surface area (Å²) in [5.41, 5.74) is 3.46. The van der Waals surface area contributed by atoms with Crippen molar-refractivity contribution in [1.82, 2.24) is 24.5 Å². The van der Waals surface area contributed by atoms with Crippen molar-refractivity contribution < 1.29 is 13.2 Å². The van der Waals surface area contributed by atoms with Crippen molar-refractivity contribution in [3.63, 3.8) is 0 Å². The average Bonchev–Trinajstić information content (AvgIpc) is 3.46. The number of hydrogen-bond donors (Lipinski definition) is 1. The molecule has 9 nitrogen and oxygen atoms in total. The fourth-order valence-corrected chi connectivity index (χ4v) is 7.41. The van der Waals surface area contributed by atoms with Crippen LogP contribution in [-0.4, -0.2) is 92.2 Å². The molecule has 3 fully saturated rings. The molecular formula is C29H42N6O3S. The molecular weight excluding hydrogens is 512 g/mol. The van der Waals surface area contributed by atoms with E-state index in [4.69, 9.17) is 9.97 Å². The van der Waals surface area contributed by atoms with Crippen LogP contribution in [0.25, 0.3) is 0 Å². The van der Waals surface area contributed by atoms with Gasteiger partial charge >= 0.3 is 0 Å². The monoisotopic (exact) mass is 554 g/mol. The molecule has 1 aromatic carbocycles. The minimum atomic E-state index is -3.21. The summed E-state index contributed by atoms with van der Waals surface area (Å²) in [5, 5.41) is 0. The maximum absolute atomic E-state index is 13.6. The van der Waals surface area contributed by atoms with Crippen LogP contribution in [0.4, 0.5) is 5.95 Å². The highest BCUT2D eigenvalue weighted by molar-refractivity contribution is 7.88. The van der Waals surface area contributed by atoms with Crippen LogP contribution < -0.4 is 9.62 Å². The van der Waals surface area contributed by atoms with E-state index in [-0.39, 0.29) is 11.9 Å². The highest BCUT2D eigenvalue weighted by Crippen LogP contribution is 2.33. The van der Waals surface area contributed by atoms with E-state index in [0.29, 0.717) is 66.6 Å². The van der Waals surface area contributed by atoms with E-state index in [1.54, 1.807) is 0 Å². The van der Waals surface area contributed by atoms with E-state index in [0.717, 1.165) is 39.1 Å². The fourth-order valence-electron chi connectivity index (χ4n) is 6.57. The summed E-state index contributed by atoms with van der Waals surface area (Å²) in [7, 11) is -3.21. The van der Waals surface area contributed by atoms with Gasteiger partial charge in [0.05, 0.1) is 23.2 Å². The van der Waals surface area contributed by atoms with Crippen molar-refractivity contribution in [2.45, 2.75) is 52.0 Å². The highest BCUT2D eigenvalue weighted by Gasteiger charge is 2.42. The Morgan fingerprint density at radius 1 is 1.00 bits per heavy atom. The van der Waals surface area contributed by atoms with Gasteiger partial charge < -0.3 is 14.7 Å². The number of hydrogen-bond acceptors (Lipinski definition) is 7. The number of aryl methyl sites for hydroxylation is 2. The molecule has 3 saturated heterocycles. The zero-order valence-electron chi connectivity index (χ0n) is 23.6. The molecule has 0 saturated carbocycles. The number of nitrogens with one attached hydrogen (secondary N) is 1. The Morgan fingerprint density at radius 2 is 1.59 bits per heavy atom. The van der Waals surface area contributed by atoms with Gasteiger partial charge in [-0.05, 0) is 63.0 Å². The number of carbonyl (C=O) groups is 1. The summed E-state index contributed by atoms with van der Waals surface area (Å²) in [5.74, 6) is 2.28. The first kappa shape index (κ1) is 28.0. The number of anilines is 1. The average molecular weight is 555 g/mol. The van der Waals surface area contributed by atoms with Gasteiger partial charge in [-0.1, -0.05) is 37.3 Å². The van der Waals surface area contributed by atoms with Crippen molar-refractivity contribution in [1.29, 1.82) is 0 Å². The van der Waals surface area contributed by atoms with Gasteiger partial charge in [-0.3, -0.25) is 4.79 Å². The van der Waals surface area contributed by atoms with Gasteiger partial charge in [0.25, 0.3) is 5.91 Å². The molecule has 3 atom stereocenters. The molecule has 39 heavy (non-hydrogen) atoms. The smallest absolute Gasteiger partial charge is 0.257 e. The largest absolute Gasteiger partial charge is 0.341 e. The molecule has 0 bridgehead atoms. The number of carbonyl (C=O) groups excluding carboxylic acids is 1. The zero-order chi connectivity index (χ0) is 27.7. The van der Waals surface area contributed by atoms with Crippen LogP contribution in [0.2, 0.25) is 0 Å². The number of rotatable bonds is 8. The van der Waals surface area contributed by atoms with E-state index in [1.807, 2.05) is 18.7 Å². The van der Waals surface area contributed by atoms with Crippen molar-refractivity contribution in [3.05, 3.63) is 52.8 Å². The predicted octanol–water partition coefficient (Wildman–Crippen LogP) is 2.81. The summed E-state index contributed by atoms with van der Waals surface area (Å²) < 4.78 is 25.8. The molecule has 3 aliphatic heterocycles. The van der Waals surface area contributed by atoms with Gasteiger partial charge in [-0.2, -0.15) is 0 Å². The Hall–Kier alpha value is -2.56. The van der Waals surface area contributed by atoms with Gasteiger partial charge in [0.15, 0.2) is 0 Å². The fraction of sp³-hybridized carbons (Fsp3) is 0.621. The second-order valence-electron chi connectivity index (χ2n) is 11.8. The third-order valence-electron chi connectivity index (χ3n) is 8.73. The number of aromatic nitrogens is 2. The van der Waals surface area contributed by atoms with Crippen LogP contribution in [0, 0.1) is 25.7 Å². The van der Waals surface area contributed by atoms with Crippen molar-refractivity contribution in [3.8, 4) is 0 Å².